The van der Waals surface area contributed by atoms with Gasteiger partial charge in [-0.05, 0) is 31.2 Å². The molecule has 28 heavy (non-hydrogen) atoms. The number of rotatable bonds is 3. The summed E-state index contributed by atoms with van der Waals surface area (Å²) in [6.45, 7) is 4.06. The molecule has 0 aromatic carbocycles. The van der Waals surface area contributed by atoms with Crippen LogP contribution in [-0.2, 0) is 9.47 Å². The number of likely N-dealkylation sites (tertiary alicyclic amines) is 1. The Bertz CT molecular complexity index is 675. The number of methoxy groups -OCH3 is 2. The molecule has 1 heterocycles. The fourth-order valence-electron chi connectivity index (χ4n) is 9.94. The van der Waals surface area contributed by atoms with Crippen LogP contribution in [0, 0.1) is 40.9 Å². The van der Waals surface area contributed by atoms with Crippen molar-refractivity contribution in [3.63, 3.8) is 0 Å². The summed E-state index contributed by atoms with van der Waals surface area (Å²) in [7, 11) is 3.52. The van der Waals surface area contributed by atoms with Crippen molar-refractivity contribution in [3.8, 4) is 0 Å². The molecule has 5 saturated carbocycles. The maximum absolute atomic E-state index is 12.2. The molecule has 3 N–H and O–H groups in total. The molecule has 13 atom stereocenters. The zero-order chi connectivity index (χ0) is 19.6. The molecule has 7 bridgehead atoms. The molecule has 6 fully saturated rings. The number of ether oxygens (including phenoxy) is 2. The van der Waals surface area contributed by atoms with Crippen LogP contribution in [0.25, 0.3) is 0 Å². The van der Waals surface area contributed by atoms with Crippen LogP contribution < -0.4 is 0 Å². The lowest BCUT2D eigenvalue weighted by molar-refractivity contribution is -0.269. The molecule has 0 aromatic rings. The fraction of sp³-hybridized carbons (Fsp3) is 1.00. The molecular weight excluding hydrogens is 358 g/mol. The van der Waals surface area contributed by atoms with E-state index < -0.39 is 11.7 Å². The Morgan fingerprint density at radius 1 is 1.00 bits per heavy atom. The average Bonchev–Trinajstić information content (AvgIpc) is 3.07. The first-order chi connectivity index (χ1) is 13.4. The first-order valence-corrected chi connectivity index (χ1v) is 11.3. The van der Waals surface area contributed by atoms with E-state index in [-0.39, 0.29) is 59.4 Å². The lowest BCUT2D eigenvalue weighted by Gasteiger charge is -2.67. The molecule has 0 radical (unpaired) electrons. The van der Waals surface area contributed by atoms with E-state index in [1.807, 2.05) is 0 Å². The van der Waals surface area contributed by atoms with Crippen LogP contribution in [0.15, 0.2) is 0 Å². The fourth-order valence-corrected chi connectivity index (χ4v) is 9.94. The van der Waals surface area contributed by atoms with E-state index in [2.05, 4.69) is 11.8 Å². The van der Waals surface area contributed by atoms with Crippen LogP contribution in [0.4, 0.5) is 0 Å². The number of hydrogen-bond acceptors (Lipinski definition) is 6. The molecule has 0 amide bonds. The second-order valence-electron chi connectivity index (χ2n) is 10.7. The molecule has 0 aromatic heterocycles. The minimum absolute atomic E-state index is 0.00445. The van der Waals surface area contributed by atoms with Crippen molar-refractivity contribution in [3.05, 3.63) is 0 Å². The molecule has 6 heteroatoms. The quantitative estimate of drug-likeness (QED) is 0.647. The van der Waals surface area contributed by atoms with Gasteiger partial charge in [0.15, 0.2) is 0 Å². The van der Waals surface area contributed by atoms with E-state index in [0.29, 0.717) is 18.8 Å². The third-order valence-corrected chi connectivity index (χ3v) is 10.5. The summed E-state index contributed by atoms with van der Waals surface area (Å²) in [4.78, 5) is 2.54. The van der Waals surface area contributed by atoms with Gasteiger partial charge in [-0.2, -0.15) is 0 Å². The summed E-state index contributed by atoms with van der Waals surface area (Å²) >= 11 is 0. The summed E-state index contributed by atoms with van der Waals surface area (Å²) in [5.74, 6) is 1.02. The first-order valence-electron chi connectivity index (χ1n) is 11.3. The highest BCUT2D eigenvalue weighted by Gasteiger charge is 2.82. The molecule has 158 valence electrons. The minimum atomic E-state index is -0.878. The highest BCUT2D eigenvalue weighted by atomic mass is 16.5. The van der Waals surface area contributed by atoms with Gasteiger partial charge in [0.05, 0.1) is 30.0 Å². The van der Waals surface area contributed by atoms with Gasteiger partial charge in [-0.3, -0.25) is 4.90 Å². The van der Waals surface area contributed by atoms with Crippen molar-refractivity contribution in [2.45, 2.75) is 68.7 Å². The van der Waals surface area contributed by atoms with Crippen LogP contribution in [0.1, 0.15) is 32.6 Å². The predicted molar refractivity (Wildman–Crippen MR) is 101 cm³/mol. The smallest absolute Gasteiger partial charge is 0.0771 e. The molecular formula is C22H35NO5. The Hall–Kier alpha value is -0.240. The van der Waals surface area contributed by atoms with E-state index in [1.165, 1.54) is 0 Å². The van der Waals surface area contributed by atoms with Crippen molar-refractivity contribution in [1.82, 2.24) is 4.90 Å². The predicted octanol–water partition coefficient (Wildman–Crippen LogP) is 0.485. The molecule has 6 rings (SSSR count). The van der Waals surface area contributed by atoms with E-state index in [4.69, 9.17) is 9.47 Å². The van der Waals surface area contributed by atoms with Gasteiger partial charge in [-0.1, -0.05) is 6.92 Å². The van der Waals surface area contributed by atoms with E-state index in [9.17, 15) is 15.3 Å². The van der Waals surface area contributed by atoms with Gasteiger partial charge >= 0.3 is 0 Å². The van der Waals surface area contributed by atoms with Crippen LogP contribution in [0.5, 0.6) is 0 Å². The number of fused-ring (bicyclic) bond motifs is 2. The minimum Gasteiger partial charge on any atom is -0.393 e. The van der Waals surface area contributed by atoms with Gasteiger partial charge < -0.3 is 24.8 Å². The van der Waals surface area contributed by atoms with Gasteiger partial charge in [-0.15, -0.1) is 0 Å². The summed E-state index contributed by atoms with van der Waals surface area (Å²) in [5, 5.41) is 34.5. The highest BCUT2D eigenvalue weighted by molar-refractivity contribution is 5.32. The van der Waals surface area contributed by atoms with Crippen molar-refractivity contribution >= 4 is 0 Å². The molecule has 1 aliphatic heterocycles. The number of aliphatic hydroxyl groups excluding tert-OH is 2. The van der Waals surface area contributed by atoms with Crippen LogP contribution in [-0.4, -0.2) is 83.6 Å². The highest BCUT2D eigenvalue weighted by Crippen LogP contribution is 2.77. The SMILES string of the molecule is CCN1C[C@@H]2C(O)C[C@H](OC)[C@@]34[C@@H]5C[C@H]6[C@H](O)[C@@H]5[C@](O)(C[C@@H]6OC)[C@@H](C[C@H]23)[C@@H]14. The summed E-state index contributed by atoms with van der Waals surface area (Å²) < 4.78 is 11.9. The Kier molecular flexibility index (Phi) is 3.78. The first kappa shape index (κ1) is 18.5. The summed E-state index contributed by atoms with van der Waals surface area (Å²) in [5.41, 5.74) is -0.941. The molecule has 1 unspecified atom stereocenters. The number of hydrogen-bond donors (Lipinski definition) is 3. The molecule has 1 spiro atoms. The second kappa shape index (κ2) is 5.71. The third-order valence-electron chi connectivity index (χ3n) is 10.5. The van der Waals surface area contributed by atoms with Crippen LogP contribution in [0.3, 0.4) is 0 Å². The Morgan fingerprint density at radius 3 is 2.46 bits per heavy atom. The number of nitrogens with zero attached hydrogens (tertiary/aromatic N) is 1. The molecule has 1 saturated heterocycles. The maximum Gasteiger partial charge on any atom is 0.0771 e. The lowest BCUT2D eigenvalue weighted by Crippen LogP contribution is -2.75. The molecule has 6 aliphatic rings. The average molecular weight is 394 g/mol. The molecule has 5 aliphatic carbocycles. The zero-order valence-electron chi connectivity index (χ0n) is 17.2. The Morgan fingerprint density at radius 2 is 1.79 bits per heavy atom. The standard InChI is InChI=1S/C22H35NO5/c1-4-23-9-11-12-6-14-20(23)22(12,17(28-3)7-15(11)24)13-5-10-16(27-2)8-21(14,26)18(13)19(10)25/h10-20,24-26H,4-9H2,1-3H3/t10-,11+,12-,13-,14+,15?,16+,17+,18-,19+,20-,21+,22+/m1/s1. The van der Waals surface area contributed by atoms with Gasteiger partial charge in [0, 0.05) is 68.7 Å². The molecule has 6 nitrogen and oxygen atoms in total. The Balaban J connectivity index is 1.58. The second-order valence-corrected chi connectivity index (χ2v) is 10.7. The largest absolute Gasteiger partial charge is 0.393 e. The van der Waals surface area contributed by atoms with E-state index in [0.717, 1.165) is 25.9 Å². The van der Waals surface area contributed by atoms with Crippen molar-refractivity contribution in [2.75, 3.05) is 27.3 Å². The third kappa shape index (κ3) is 1.76. The van der Waals surface area contributed by atoms with Gasteiger partial charge in [0.25, 0.3) is 0 Å². The summed E-state index contributed by atoms with van der Waals surface area (Å²) in [6.07, 6.45) is 2.27. The summed E-state index contributed by atoms with van der Waals surface area (Å²) in [6, 6.07) is 0.281. The van der Waals surface area contributed by atoms with E-state index >= 15 is 0 Å². The lowest BCUT2D eigenvalue weighted by atomic mass is 9.45. The van der Waals surface area contributed by atoms with Crippen LogP contribution >= 0.6 is 0 Å². The number of aliphatic hydroxyl groups is 3. The van der Waals surface area contributed by atoms with E-state index in [1.54, 1.807) is 14.2 Å². The normalized spacial score (nSPS) is 64.3. The zero-order valence-corrected chi connectivity index (χ0v) is 17.2. The van der Waals surface area contributed by atoms with Gasteiger partial charge in [-0.25, -0.2) is 0 Å². The van der Waals surface area contributed by atoms with Crippen molar-refractivity contribution < 1.29 is 24.8 Å². The van der Waals surface area contributed by atoms with Crippen molar-refractivity contribution in [1.29, 1.82) is 0 Å². The maximum atomic E-state index is 12.2. The topological polar surface area (TPSA) is 82.4 Å². The van der Waals surface area contributed by atoms with Gasteiger partial charge in [0.2, 0.25) is 0 Å². The Labute approximate surface area is 167 Å². The monoisotopic (exact) mass is 393 g/mol. The van der Waals surface area contributed by atoms with Gasteiger partial charge in [0.1, 0.15) is 0 Å². The number of piperidine rings is 1. The van der Waals surface area contributed by atoms with Crippen LogP contribution in [0.2, 0.25) is 0 Å². The van der Waals surface area contributed by atoms with Crippen molar-refractivity contribution in [2.24, 2.45) is 40.9 Å².